The van der Waals surface area contributed by atoms with Gasteiger partial charge in [-0.1, -0.05) is 12.2 Å². The molecule has 30 heavy (non-hydrogen) atoms. The van der Waals surface area contributed by atoms with Crippen LogP contribution >= 0.6 is 0 Å². The Balaban J connectivity index is 1.86. The van der Waals surface area contributed by atoms with Gasteiger partial charge in [-0.15, -0.1) is 0 Å². The molecule has 0 unspecified atom stereocenters. The Morgan fingerprint density at radius 3 is 2.23 bits per heavy atom. The number of benzene rings is 1. The maximum atomic E-state index is 13.2. The number of carboxylic acid groups (broad SMARTS) is 1. The number of fused-ring (bicyclic) bond motifs is 1. The summed E-state index contributed by atoms with van der Waals surface area (Å²) < 4.78 is 15.8. The zero-order valence-corrected chi connectivity index (χ0v) is 17.2. The van der Waals surface area contributed by atoms with Crippen LogP contribution in [0.15, 0.2) is 24.3 Å². The van der Waals surface area contributed by atoms with E-state index in [2.05, 4.69) is 5.32 Å². The lowest BCUT2D eigenvalue weighted by Gasteiger charge is -2.32. The van der Waals surface area contributed by atoms with Gasteiger partial charge in [0.25, 0.3) is 5.91 Å². The fourth-order valence-corrected chi connectivity index (χ4v) is 4.03. The Kier molecular flexibility index (Phi) is 6.49. The average molecular weight is 418 g/mol. The molecule has 3 rings (SSSR count). The summed E-state index contributed by atoms with van der Waals surface area (Å²) in [6.45, 7) is 0. The summed E-state index contributed by atoms with van der Waals surface area (Å²) in [6.07, 6.45) is 5.72. The normalized spacial score (nSPS) is 23.2. The molecule has 1 fully saturated rings. The topological polar surface area (TPSA) is 114 Å². The van der Waals surface area contributed by atoms with E-state index in [-0.39, 0.29) is 23.9 Å². The molecule has 9 nitrogen and oxygen atoms in total. The molecule has 0 saturated carbocycles. The van der Waals surface area contributed by atoms with Crippen LogP contribution in [-0.4, -0.2) is 67.2 Å². The Hall–Kier alpha value is -3.23. The van der Waals surface area contributed by atoms with E-state index in [1.54, 1.807) is 0 Å². The largest absolute Gasteiger partial charge is 0.493 e. The van der Waals surface area contributed by atoms with E-state index in [1.807, 2.05) is 12.2 Å². The maximum absolute atomic E-state index is 13.2. The standard InChI is InChI=1S/C21H26N2O7/c1-28-16-10-12(11-17(29-2)18(16)30-3)19(24)22-14-7-5-4-6-13-8-9-15(21(26)27)23(13)20(14)25/h4-5,10-11,13-15H,6-9H2,1-3H3,(H,22,24)(H,26,27)/t13-,14+,15+/m1/s1. The van der Waals surface area contributed by atoms with E-state index < -0.39 is 24.0 Å². The summed E-state index contributed by atoms with van der Waals surface area (Å²) >= 11 is 0. The monoisotopic (exact) mass is 418 g/mol. The molecular weight excluding hydrogens is 392 g/mol. The highest BCUT2D eigenvalue weighted by atomic mass is 16.5. The van der Waals surface area contributed by atoms with Gasteiger partial charge >= 0.3 is 5.97 Å². The number of nitrogens with zero attached hydrogens (tertiary/aromatic N) is 1. The fraction of sp³-hybridized carbons (Fsp3) is 0.476. The van der Waals surface area contributed by atoms with Gasteiger partial charge < -0.3 is 29.5 Å². The lowest BCUT2D eigenvalue weighted by Crippen LogP contribution is -2.54. The molecule has 1 aromatic rings. The first-order valence-electron chi connectivity index (χ1n) is 9.72. The van der Waals surface area contributed by atoms with Crippen LogP contribution in [-0.2, 0) is 9.59 Å². The van der Waals surface area contributed by atoms with E-state index in [0.717, 1.165) is 0 Å². The zero-order chi connectivity index (χ0) is 21.8. The number of nitrogens with one attached hydrogen (secondary N) is 1. The van der Waals surface area contributed by atoms with Crippen molar-refractivity contribution in [3.05, 3.63) is 29.8 Å². The van der Waals surface area contributed by atoms with Gasteiger partial charge in [0, 0.05) is 11.6 Å². The van der Waals surface area contributed by atoms with Crippen molar-refractivity contribution in [1.29, 1.82) is 0 Å². The predicted molar refractivity (Wildman–Crippen MR) is 107 cm³/mol. The number of aliphatic carboxylic acids is 1. The summed E-state index contributed by atoms with van der Waals surface area (Å²) in [4.78, 5) is 39.1. The molecule has 2 aliphatic rings. The molecule has 0 bridgehead atoms. The Bertz CT molecular complexity index is 842. The highest BCUT2D eigenvalue weighted by molar-refractivity contribution is 5.99. The van der Waals surface area contributed by atoms with Gasteiger partial charge in [-0.05, 0) is 37.8 Å². The zero-order valence-electron chi connectivity index (χ0n) is 17.2. The molecule has 0 aliphatic carbocycles. The van der Waals surface area contributed by atoms with Crippen LogP contribution in [0.1, 0.15) is 36.0 Å². The Morgan fingerprint density at radius 2 is 1.67 bits per heavy atom. The molecule has 2 N–H and O–H groups in total. The minimum Gasteiger partial charge on any atom is -0.493 e. The highest BCUT2D eigenvalue weighted by Crippen LogP contribution is 2.38. The number of amides is 2. The van der Waals surface area contributed by atoms with Crippen LogP contribution in [0.2, 0.25) is 0 Å². The summed E-state index contributed by atoms with van der Waals surface area (Å²) in [6, 6.07) is 1.10. The lowest BCUT2D eigenvalue weighted by atomic mass is 10.0. The third kappa shape index (κ3) is 4.05. The molecule has 2 heterocycles. The first kappa shape index (κ1) is 21.5. The number of carbonyl (C=O) groups is 3. The van der Waals surface area contributed by atoms with Crippen molar-refractivity contribution < 1.29 is 33.7 Å². The van der Waals surface area contributed by atoms with Crippen LogP contribution in [0.4, 0.5) is 0 Å². The second kappa shape index (κ2) is 9.06. The minimum absolute atomic E-state index is 0.171. The number of ether oxygens (including phenoxy) is 3. The Morgan fingerprint density at radius 1 is 1.03 bits per heavy atom. The Labute approximate surface area is 174 Å². The van der Waals surface area contributed by atoms with Gasteiger partial charge in [-0.2, -0.15) is 0 Å². The highest BCUT2D eigenvalue weighted by Gasteiger charge is 2.43. The predicted octanol–water partition coefficient (Wildman–Crippen LogP) is 1.61. The summed E-state index contributed by atoms with van der Waals surface area (Å²) in [5.74, 6) is -0.914. The molecule has 3 atom stereocenters. The van der Waals surface area contributed by atoms with E-state index >= 15 is 0 Å². The third-order valence-corrected chi connectivity index (χ3v) is 5.52. The second-order valence-corrected chi connectivity index (χ2v) is 7.21. The van der Waals surface area contributed by atoms with Crippen LogP contribution in [0.5, 0.6) is 17.2 Å². The first-order chi connectivity index (χ1) is 14.4. The number of hydrogen-bond donors (Lipinski definition) is 2. The number of rotatable bonds is 6. The number of carbonyl (C=O) groups excluding carboxylic acids is 2. The molecule has 2 aliphatic heterocycles. The van der Waals surface area contributed by atoms with Gasteiger partial charge in [-0.3, -0.25) is 9.59 Å². The summed E-state index contributed by atoms with van der Waals surface area (Å²) in [5, 5.41) is 12.2. The van der Waals surface area contributed by atoms with Crippen molar-refractivity contribution in [2.75, 3.05) is 21.3 Å². The quantitative estimate of drug-likeness (QED) is 0.675. The van der Waals surface area contributed by atoms with Gasteiger partial charge in [0.2, 0.25) is 11.7 Å². The van der Waals surface area contributed by atoms with Gasteiger partial charge in [0.1, 0.15) is 12.1 Å². The van der Waals surface area contributed by atoms with Crippen molar-refractivity contribution >= 4 is 17.8 Å². The third-order valence-electron chi connectivity index (χ3n) is 5.52. The van der Waals surface area contributed by atoms with Crippen molar-refractivity contribution in [2.24, 2.45) is 0 Å². The minimum atomic E-state index is -1.02. The summed E-state index contributed by atoms with van der Waals surface area (Å²) in [7, 11) is 4.36. The smallest absolute Gasteiger partial charge is 0.326 e. The molecule has 0 radical (unpaired) electrons. The van der Waals surface area contributed by atoms with Crippen LogP contribution < -0.4 is 19.5 Å². The fourth-order valence-electron chi connectivity index (χ4n) is 4.03. The van der Waals surface area contributed by atoms with Crippen LogP contribution in [0.25, 0.3) is 0 Å². The van der Waals surface area contributed by atoms with Gasteiger partial charge in [0.05, 0.1) is 21.3 Å². The molecule has 9 heteroatoms. The van der Waals surface area contributed by atoms with Gasteiger partial charge in [0.15, 0.2) is 11.5 Å². The van der Waals surface area contributed by atoms with Crippen molar-refractivity contribution in [1.82, 2.24) is 10.2 Å². The molecule has 1 saturated heterocycles. The van der Waals surface area contributed by atoms with E-state index in [9.17, 15) is 19.5 Å². The molecule has 1 aromatic carbocycles. The van der Waals surface area contributed by atoms with Crippen molar-refractivity contribution in [3.8, 4) is 17.2 Å². The molecular formula is C21H26N2O7. The molecule has 0 aromatic heterocycles. The SMILES string of the molecule is COc1cc(C(=O)N[C@H]2CC=CC[C@@H]3CC[C@@H](C(=O)O)N3C2=O)cc(OC)c1OC. The van der Waals surface area contributed by atoms with Crippen molar-refractivity contribution in [2.45, 2.75) is 43.8 Å². The van der Waals surface area contributed by atoms with E-state index in [4.69, 9.17) is 14.2 Å². The molecule has 2 amide bonds. The lowest BCUT2D eigenvalue weighted by molar-refractivity contribution is -0.150. The molecule has 162 valence electrons. The van der Waals surface area contributed by atoms with Crippen molar-refractivity contribution in [3.63, 3.8) is 0 Å². The number of methoxy groups -OCH3 is 3. The van der Waals surface area contributed by atoms with Gasteiger partial charge in [-0.25, -0.2) is 4.79 Å². The van der Waals surface area contributed by atoms with E-state index in [0.29, 0.717) is 36.5 Å². The van der Waals surface area contributed by atoms with Crippen LogP contribution in [0, 0.1) is 0 Å². The summed E-state index contributed by atoms with van der Waals surface area (Å²) in [5.41, 5.74) is 0.232. The van der Waals surface area contributed by atoms with Crippen LogP contribution in [0.3, 0.4) is 0 Å². The second-order valence-electron chi connectivity index (χ2n) is 7.21. The molecule has 0 spiro atoms. The average Bonchev–Trinajstić information content (AvgIpc) is 3.16. The maximum Gasteiger partial charge on any atom is 0.326 e. The first-order valence-corrected chi connectivity index (χ1v) is 9.72. The number of carboxylic acids is 1. The van der Waals surface area contributed by atoms with E-state index in [1.165, 1.54) is 38.4 Å². The number of hydrogen-bond acceptors (Lipinski definition) is 6.